The number of rotatable bonds is 13. The van der Waals surface area contributed by atoms with Crippen LogP contribution in [0.2, 0.25) is 0 Å². The molecule has 3 aromatic rings. The Balaban J connectivity index is 1.86. The maximum absolute atomic E-state index is 13.5. The van der Waals surface area contributed by atoms with Gasteiger partial charge >= 0.3 is 7.12 Å². The lowest BCUT2D eigenvalue weighted by Gasteiger charge is -2.26. The van der Waals surface area contributed by atoms with Gasteiger partial charge in [-0.25, -0.2) is 4.98 Å². The van der Waals surface area contributed by atoms with Gasteiger partial charge in [0.25, 0.3) is 5.91 Å². The topological polar surface area (TPSA) is 154 Å². The Kier molecular flexibility index (Phi) is 11.2. The van der Waals surface area contributed by atoms with E-state index in [9.17, 15) is 24.4 Å². The van der Waals surface area contributed by atoms with Crippen molar-refractivity contribution in [1.29, 1.82) is 0 Å². The first-order chi connectivity index (χ1) is 19.0. The van der Waals surface area contributed by atoms with Crippen LogP contribution in [0.5, 0.6) is 0 Å². The summed E-state index contributed by atoms with van der Waals surface area (Å²) in [6.45, 7) is 7.67. The fourth-order valence-corrected chi connectivity index (χ4v) is 4.48. The highest BCUT2D eigenvalue weighted by Gasteiger charge is 2.32. The van der Waals surface area contributed by atoms with Gasteiger partial charge in [-0.05, 0) is 41.0 Å². The molecule has 11 heteroatoms. The Labute approximate surface area is 235 Å². The molecule has 212 valence electrons. The highest BCUT2D eigenvalue weighted by atomic mass is 16.4. The molecule has 1 heterocycles. The summed E-state index contributed by atoms with van der Waals surface area (Å²) in [6.07, 6.45) is 4.97. The summed E-state index contributed by atoms with van der Waals surface area (Å²) >= 11 is 0. The number of fused-ring (bicyclic) bond motifs is 1. The molecule has 0 radical (unpaired) electrons. The number of carbonyl (C=O) groups excluding carboxylic acids is 3. The van der Waals surface area contributed by atoms with Crippen molar-refractivity contribution in [2.45, 2.75) is 65.0 Å². The lowest BCUT2D eigenvalue weighted by atomic mass is 9.75. The monoisotopic (exact) mass is 547 g/mol. The fraction of sp³-hybridized carbons (Fsp3) is 0.414. The van der Waals surface area contributed by atoms with E-state index < -0.39 is 42.9 Å². The standard InChI is InChI=1S/C29H38BN5O5/c1-18(2)13-23(33-29(38)25-17-31-11-12-32-25)27(36)34-24(28(37)35-26(30(39)40)14-19(3)4)16-20-9-10-21-7-5-6-8-22(21)15-20/h5-12,15,17-19,23-24,26,39-40H,13-14,16H2,1-4H3,(H,33,38)(H,34,36)(H,35,37)/t23-,24-,26-/m0/s1. The number of aromatic nitrogens is 2. The second-order valence-electron chi connectivity index (χ2n) is 10.9. The Morgan fingerprint density at radius 1 is 0.825 bits per heavy atom. The average Bonchev–Trinajstić information content (AvgIpc) is 2.91. The van der Waals surface area contributed by atoms with E-state index in [1.54, 1.807) is 0 Å². The van der Waals surface area contributed by atoms with E-state index in [2.05, 4.69) is 25.9 Å². The molecule has 1 aromatic heterocycles. The van der Waals surface area contributed by atoms with E-state index in [0.29, 0.717) is 12.8 Å². The molecule has 3 atom stereocenters. The lowest BCUT2D eigenvalue weighted by Crippen LogP contribution is -2.58. The van der Waals surface area contributed by atoms with Crippen molar-refractivity contribution in [1.82, 2.24) is 25.9 Å². The van der Waals surface area contributed by atoms with Crippen molar-refractivity contribution in [2.24, 2.45) is 11.8 Å². The van der Waals surface area contributed by atoms with E-state index in [1.807, 2.05) is 70.2 Å². The third-order valence-corrected chi connectivity index (χ3v) is 6.42. The van der Waals surface area contributed by atoms with Gasteiger partial charge in [-0.3, -0.25) is 19.4 Å². The molecule has 0 saturated heterocycles. The summed E-state index contributed by atoms with van der Waals surface area (Å²) in [5.74, 6) is -2.39. The number of carbonyl (C=O) groups is 3. The Bertz CT molecular complexity index is 1290. The molecular weight excluding hydrogens is 509 g/mol. The molecule has 2 aromatic carbocycles. The SMILES string of the molecule is CC(C)C[C@H](NC(=O)[C@H](Cc1ccc2ccccc2c1)NC(=O)[C@H](CC(C)C)NC(=O)c1cnccn1)B(O)O. The predicted molar refractivity (Wildman–Crippen MR) is 154 cm³/mol. The molecule has 10 nitrogen and oxygen atoms in total. The Morgan fingerprint density at radius 3 is 2.12 bits per heavy atom. The molecule has 3 amide bonds. The van der Waals surface area contributed by atoms with Crippen molar-refractivity contribution in [3.8, 4) is 0 Å². The molecule has 3 rings (SSSR count). The van der Waals surface area contributed by atoms with Gasteiger partial charge in [0.1, 0.15) is 17.8 Å². The minimum absolute atomic E-state index is 0.0608. The molecule has 0 unspecified atom stereocenters. The van der Waals surface area contributed by atoms with E-state index in [4.69, 9.17) is 0 Å². The normalized spacial score (nSPS) is 13.5. The van der Waals surface area contributed by atoms with Gasteiger partial charge in [0.05, 0.1) is 12.1 Å². The third kappa shape index (κ3) is 9.13. The van der Waals surface area contributed by atoms with E-state index >= 15 is 0 Å². The number of hydrogen-bond donors (Lipinski definition) is 5. The zero-order valence-electron chi connectivity index (χ0n) is 23.4. The zero-order valence-corrected chi connectivity index (χ0v) is 23.4. The predicted octanol–water partition coefficient (Wildman–Crippen LogP) is 2.04. The first kappa shape index (κ1) is 30.7. The summed E-state index contributed by atoms with van der Waals surface area (Å²) in [5.41, 5.74) is 0.885. The molecule has 0 aliphatic rings. The van der Waals surface area contributed by atoms with Crippen LogP contribution in [-0.4, -0.2) is 62.9 Å². The maximum Gasteiger partial charge on any atom is 0.475 e. The second kappa shape index (κ2) is 14.5. The highest BCUT2D eigenvalue weighted by molar-refractivity contribution is 6.43. The number of amides is 3. The summed E-state index contributed by atoms with van der Waals surface area (Å²) in [7, 11) is -1.76. The second-order valence-corrected chi connectivity index (χ2v) is 10.9. The van der Waals surface area contributed by atoms with Crippen LogP contribution in [0.4, 0.5) is 0 Å². The molecule has 40 heavy (non-hydrogen) atoms. The minimum Gasteiger partial charge on any atom is -0.426 e. The summed E-state index contributed by atoms with van der Waals surface area (Å²) in [6, 6.07) is 11.6. The van der Waals surface area contributed by atoms with E-state index in [-0.39, 0.29) is 24.0 Å². The first-order valence-electron chi connectivity index (χ1n) is 13.5. The van der Waals surface area contributed by atoms with Crippen molar-refractivity contribution in [2.75, 3.05) is 0 Å². The van der Waals surface area contributed by atoms with Crippen molar-refractivity contribution >= 4 is 35.6 Å². The van der Waals surface area contributed by atoms with Crippen LogP contribution >= 0.6 is 0 Å². The van der Waals surface area contributed by atoms with Crippen LogP contribution in [-0.2, 0) is 16.0 Å². The molecule has 0 aliphatic heterocycles. The number of nitrogens with one attached hydrogen (secondary N) is 3. The van der Waals surface area contributed by atoms with Gasteiger partial charge in [-0.15, -0.1) is 0 Å². The minimum atomic E-state index is -1.76. The lowest BCUT2D eigenvalue weighted by molar-refractivity contribution is -0.130. The summed E-state index contributed by atoms with van der Waals surface area (Å²) < 4.78 is 0. The van der Waals surface area contributed by atoms with Crippen LogP contribution in [0, 0.1) is 11.8 Å². The van der Waals surface area contributed by atoms with Crippen LogP contribution in [0.3, 0.4) is 0 Å². The van der Waals surface area contributed by atoms with Gasteiger partial charge in [0.15, 0.2) is 0 Å². The molecule has 5 N–H and O–H groups in total. The Hall–Kier alpha value is -3.83. The first-order valence-corrected chi connectivity index (χ1v) is 13.5. The van der Waals surface area contributed by atoms with Gasteiger partial charge in [-0.1, -0.05) is 70.2 Å². The average molecular weight is 547 g/mol. The Morgan fingerprint density at radius 2 is 1.50 bits per heavy atom. The molecule has 0 bridgehead atoms. The van der Waals surface area contributed by atoms with Crippen LogP contribution < -0.4 is 16.0 Å². The van der Waals surface area contributed by atoms with Crippen molar-refractivity contribution in [3.63, 3.8) is 0 Å². The fourth-order valence-electron chi connectivity index (χ4n) is 4.48. The number of nitrogens with zero attached hydrogens (tertiary/aromatic N) is 2. The van der Waals surface area contributed by atoms with Crippen LogP contribution in [0.1, 0.15) is 56.6 Å². The molecule has 0 aliphatic carbocycles. The molecule has 0 spiro atoms. The maximum atomic E-state index is 13.5. The van der Waals surface area contributed by atoms with Crippen molar-refractivity contribution < 1.29 is 24.4 Å². The quantitative estimate of drug-likeness (QED) is 0.205. The summed E-state index contributed by atoms with van der Waals surface area (Å²) in [4.78, 5) is 47.7. The van der Waals surface area contributed by atoms with Gasteiger partial charge in [0, 0.05) is 18.8 Å². The summed E-state index contributed by atoms with van der Waals surface area (Å²) in [5, 5.41) is 30.0. The van der Waals surface area contributed by atoms with Gasteiger partial charge < -0.3 is 26.0 Å². The van der Waals surface area contributed by atoms with E-state index in [1.165, 1.54) is 18.6 Å². The third-order valence-electron chi connectivity index (χ3n) is 6.42. The van der Waals surface area contributed by atoms with Crippen LogP contribution in [0.15, 0.2) is 61.1 Å². The van der Waals surface area contributed by atoms with Crippen molar-refractivity contribution in [3.05, 3.63) is 72.3 Å². The molecular formula is C29H38BN5O5. The smallest absolute Gasteiger partial charge is 0.426 e. The highest BCUT2D eigenvalue weighted by Crippen LogP contribution is 2.17. The van der Waals surface area contributed by atoms with Crippen LogP contribution in [0.25, 0.3) is 10.8 Å². The largest absolute Gasteiger partial charge is 0.475 e. The molecule has 0 fully saturated rings. The molecule has 0 saturated carbocycles. The van der Waals surface area contributed by atoms with E-state index in [0.717, 1.165) is 16.3 Å². The number of hydrogen-bond acceptors (Lipinski definition) is 7. The zero-order chi connectivity index (χ0) is 29.2. The number of benzene rings is 2. The van der Waals surface area contributed by atoms with Gasteiger partial charge in [0.2, 0.25) is 11.8 Å². The van der Waals surface area contributed by atoms with Gasteiger partial charge in [-0.2, -0.15) is 0 Å².